The second-order valence-electron chi connectivity index (χ2n) is 15.0. The van der Waals surface area contributed by atoms with Crippen molar-refractivity contribution >= 4 is 60.5 Å². The maximum absolute atomic E-state index is 6.42. The summed E-state index contributed by atoms with van der Waals surface area (Å²) in [6.07, 6.45) is 0. The van der Waals surface area contributed by atoms with Gasteiger partial charge in [-0.3, -0.25) is 0 Å². The smallest absolute Gasteiger partial charge is 0.136 e. The lowest BCUT2D eigenvalue weighted by atomic mass is 9.97. The number of fused-ring (bicyclic) bond motifs is 5. The Labute approximate surface area is 337 Å². The van der Waals surface area contributed by atoms with Gasteiger partial charge >= 0.3 is 0 Å². The number of furan rings is 1. The second kappa shape index (κ2) is 14.1. The molecule has 0 aliphatic carbocycles. The minimum absolute atomic E-state index is 0.888. The molecule has 0 amide bonds. The van der Waals surface area contributed by atoms with Crippen molar-refractivity contribution < 1.29 is 4.42 Å². The van der Waals surface area contributed by atoms with Crippen LogP contribution < -0.4 is 4.90 Å². The van der Waals surface area contributed by atoms with Crippen LogP contribution >= 0.6 is 0 Å². The van der Waals surface area contributed by atoms with Crippen LogP contribution in [0.2, 0.25) is 0 Å². The molecule has 0 aliphatic rings. The number of hydrogen-bond donors (Lipinski definition) is 0. The average molecular weight is 740 g/mol. The monoisotopic (exact) mass is 739 g/mol. The van der Waals surface area contributed by atoms with Crippen molar-refractivity contribution in [3.8, 4) is 44.5 Å². The maximum atomic E-state index is 6.42. The number of nitrogens with zero attached hydrogens (tertiary/aromatic N) is 1. The van der Waals surface area contributed by atoms with E-state index >= 15 is 0 Å². The van der Waals surface area contributed by atoms with Gasteiger partial charge in [0.1, 0.15) is 11.2 Å². The van der Waals surface area contributed by atoms with Gasteiger partial charge in [0.2, 0.25) is 0 Å². The third-order valence-corrected chi connectivity index (χ3v) is 11.4. The van der Waals surface area contributed by atoms with E-state index in [9.17, 15) is 0 Å². The highest BCUT2D eigenvalue weighted by Gasteiger charge is 2.19. The van der Waals surface area contributed by atoms with Gasteiger partial charge in [-0.2, -0.15) is 0 Å². The molecule has 272 valence electrons. The molecule has 0 fully saturated rings. The lowest BCUT2D eigenvalue weighted by molar-refractivity contribution is 0.669. The fraction of sp³-hybridized carbons (Fsp3) is 0. The van der Waals surface area contributed by atoms with Crippen molar-refractivity contribution in [1.29, 1.82) is 0 Å². The van der Waals surface area contributed by atoms with E-state index in [1.807, 2.05) is 0 Å². The average Bonchev–Trinajstić information content (AvgIpc) is 3.65. The van der Waals surface area contributed by atoms with Crippen LogP contribution in [0.15, 0.2) is 229 Å². The van der Waals surface area contributed by atoms with E-state index in [0.29, 0.717) is 0 Å². The fourth-order valence-corrected chi connectivity index (χ4v) is 8.45. The van der Waals surface area contributed by atoms with Crippen LogP contribution in [0.4, 0.5) is 17.1 Å². The molecule has 58 heavy (non-hydrogen) atoms. The van der Waals surface area contributed by atoms with Gasteiger partial charge in [-0.1, -0.05) is 164 Å². The standard InChI is InChI=1S/C56H37NO/c1-2-11-38(12-3-1)40-21-23-41(24-22-40)42-27-30-49(31-28-42)57(50-18-10-17-44(34-50)47-26-25-39-13-4-5-14-43(39)33-47)54-20-9-8-19-51(54)48-29-32-55-52(36-48)53-35-45-15-6-7-16-46(45)37-56(53)58-55/h1-37H. The minimum atomic E-state index is 0.888. The number of rotatable bonds is 7. The van der Waals surface area contributed by atoms with E-state index < -0.39 is 0 Å². The van der Waals surface area contributed by atoms with Crippen molar-refractivity contribution in [3.63, 3.8) is 0 Å². The summed E-state index contributed by atoms with van der Waals surface area (Å²) < 4.78 is 6.42. The molecule has 0 radical (unpaired) electrons. The molecule has 0 N–H and O–H groups in total. The third kappa shape index (κ3) is 6.09. The van der Waals surface area contributed by atoms with Gasteiger partial charge in [0.05, 0.1) is 5.69 Å². The van der Waals surface area contributed by atoms with Crippen LogP contribution in [-0.4, -0.2) is 0 Å². The van der Waals surface area contributed by atoms with Gasteiger partial charge in [-0.25, -0.2) is 0 Å². The van der Waals surface area contributed by atoms with E-state index in [0.717, 1.165) is 50.1 Å². The van der Waals surface area contributed by atoms with E-state index in [2.05, 4.69) is 229 Å². The Bertz CT molecular complexity index is 3270. The van der Waals surface area contributed by atoms with Crippen LogP contribution in [0, 0.1) is 0 Å². The molecule has 11 rings (SSSR count). The third-order valence-electron chi connectivity index (χ3n) is 11.4. The van der Waals surface area contributed by atoms with E-state index in [1.54, 1.807) is 0 Å². The quantitative estimate of drug-likeness (QED) is 0.162. The SMILES string of the molecule is c1ccc(-c2ccc(-c3ccc(N(c4cccc(-c5ccc6ccccc6c5)c4)c4ccccc4-c4ccc5oc6cc7ccccc7cc6c5c4)cc3)cc2)cc1. The lowest BCUT2D eigenvalue weighted by Crippen LogP contribution is -2.11. The van der Waals surface area contributed by atoms with Gasteiger partial charge < -0.3 is 9.32 Å². The van der Waals surface area contributed by atoms with Crippen LogP contribution in [-0.2, 0) is 0 Å². The van der Waals surface area contributed by atoms with Crippen molar-refractivity contribution in [2.45, 2.75) is 0 Å². The summed E-state index contributed by atoms with van der Waals surface area (Å²) >= 11 is 0. The predicted molar refractivity (Wildman–Crippen MR) is 245 cm³/mol. The number of benzene rings is 10. The largest absolute Gasteiger partial charge is 0.456 e. The molecule has 10 aromatic carbocycles. The van der Waals surface area contributed by atoms with Crippen LogP contribution in [0.3, 0.4) is 0 Å². The van der Waals surface area contributed by atoms with Gasteiger partial charge in [0.25, 0.3) is 0 Å². The topological polar surface area (TPSA) is 16.4 Å². The summed E-state index contributed by atoms with van der Waals surface area (Å²) in [7, 11) is 0. The van der Waals surface area contributed by atoms with Crippen molar-refractivity contribution in [2.75, 3.05) is 4.90 Å². The Morgan fingerprint density at radius 2 is 0.810 bits per heavy atom. The normalized spacial score (nSPS) is 11.4. The molecule has 0 unspecified atom stereocenters. The molecule has 2 nitrogen and oxygen atoms in total. The maximum Gasteiger partial charge on any atom is 0.136 e. The molecular weight excluding hydrogens is 703 g/mol. The summed E-state index contributed by atoms with van der Waals surface area (Å²) in [6, 6.07) is 80.8. The molecule has 0 atom stereocenters. The zero-order chi connectivity index (χ0) is 38.4. The van der Waals surface area contributed by atoms with Crippen molar-refractivity contribution in [3.05, 3.63) is 224 Å². The summed E-state index contributed by atoms with van der Waals surface area (Å²) in [5, 5.41) is 7.09. The highest BCUT2D eigenvalue weighted by molar-refractivity contribution is 6.11. The second-order valence-corrected chi connectivity index (χ2v) is 15.0. The number of anilines is 3. The first kappa shape index (κ1) is 33.6. The molecular formula is C56H37NO. The van der Waals surface area contributed by atoms with Gasteiger partial charge in [-0.15, -0.1) is 0 Å². The van der Waals surface area contributed by atoms with E-state index in [-0.39, 0.29) is 0 Å². The minimum Gasteiger partial charge on any atom is -0.456 e. The Kier molecular flexibility index (Phi) is 8.19. The van der Waals surface area contributed by atoms with E-state index in [4.69, 9.17) is 4.42 Å². The molecule has 1 aromatic heterocycles. The molecule has 0 bridgehead atoms. The van der Waals surface area contributed by atoms with Crippen molar-refractivity contribution in [1.82, 2.24) is 0 Å². The number of para-hydroxylation sites is 1. The first-order chi connectivity index (χ1) is 28.7. The highest BCUT2D eigenvalue weighted by atomic mass is 16.3. The first-order valence-corrected chi connectivity index (χ1v) is 19.8. The lowest BCUT2D eigenvalue weighted by Gasteiger charge is -2.28. The van der Waals surface area contributed by atoms with Gasteiger partial charge in [0.15, 0.2) is 0 Å². The zero-order valence-corrected chi connectivity index (χ0v) is 31.7. The van der Waals surface area contributed by atoms with Gasteiger partial charge in [-0.05, 0) is 121 Å². The highest BCUT2D eigenvalue weighted by Crippen LogP contribution is 2.44. The summed E-state index contributed by atoms with van der Waals surface area (Å²) in [5.41, 5.74) is 14.5. The zero-order valence-electron chi connectivity index (χ0n) is 31.7. The molecule has 0 saturated heterocycles. The predicted octanol–water partition coefficient (Wildman–Crippen LogP) is 16.0. The van der Waals surface area contributed by atoms with Crippen LogP contribution in [0.5, 0.6) is 0 Å². The molecule has 2 heteroatoms. The summed E-state index contributed by atoms with van der Waals surface area (Å²) in [4.78, 5) is 2.40. The first-order valence-electron chi connectivity index (χ1n) is 19.8. The van der Waals surface area contributed by atoms with Crippen LogP contribution in [0.25, 0.3) is 88.0 Å². The summed E-state index contributed by atoms with van der Waals surface area (Å²) in [6.45, 7) is 0. The van der Waals surface area contributed by atoms with Gasteiger partial charge in [0, 0.05) is 27.7 Å². The Morgan fingerprint density at radius 1 is 0.276 bits per heavy atom. The Hall–Kier alpha value is -7.68. The molecule has 0 aliphatic heterocycles. The molecule has 1 heterocycles. The van der Waals surface area contributed by atoms with E-state index in [1.165, 1.54) is 54.9 Å². The fourth-order valence-electron chi connectivity index (χ4n) is 8.45. The molecule has 0 saturated carbocycles. The van der Waals surface area contributed by atoms with Crippen molar-refractivity contribution in [2.24, 2.45) is 0 Å². The molecule has 11 aromatic rings. The number of hydrogen-bond acceptors (Lipinski definition) is 2. The Morgan fingerprint density at radius 3 is 1.57 bits per heavy atom. The Balaban J connectivity index is 1.04. The molecule has 0 spiro atoms. The van der Waals surface area contributed by atoms with Crippen LogP contribution in [0.1, 0.15) is 0 Å². The summed E-state index contributed by atoms with van der Waals surface area (Å²) in [5.74, 6) is 0.